The van der Waals surface area contributed by atoms with Gasteiger partial charge in [-0.1, -0.05) is 91.0 Å². The topological polar surface area (TPSA) is 96.0 Å². The standard InChI is InChI=1S/C39H41N3O5S/c1-29(42(39(44)41-22-24-47-25-23-41)36-19-16-31-11-5-7-13-33(31)27-36)38(43)40-35(18-15-30-9-3-2-4-10-30)21-26-48(45,46)37-20-17-32-12-6-8-14-34(32)28-37/h2-14,16-17,19-20,27-29,35H,15,18,21-26H2,1H3,(H,40,43)/t29-,35-/m0/s1. The van der Waals surface area contributed by atoms with Crippen molar-refractivity contribution >= 4 is 49.0 Å². The monoisotopic (exact) mass is 663 g/mol. The second kappa shape index (κ2) is 15.0. The highest BCUT2D eigenvalue weighted by Crippen LogP contribution is 2.26. The predicted octanol–water partition coefficient (Wildman–Crippen LogP) is 6.62. The maximum atomic E-state index is 14.1. The Hall–Kier alpha value is -4.73. The second-order valence-electron chi connectivity index (χ2n) is 12.3. The average molecular weight is 664 g/mol. The Balaban J connectivity index is 1.24. The van der Waals surface area contributed by atoms with Gasteiger partial charge in [0.2, 0.25) is 5.91 Å². The number of urea groups is 1. The Bertz CT molecular complexity index is 1990. The molecule has 0 radical (unpaired) electrons. The van der Waals surface area contributed by atoms with Crippen LogP contribution in [0.1, 0.15) is 25.3 Å². The number of sulfone groups is 1. The average Bonchev–Trinajstić information content (AvgIpc) is 3.13. The van der Waals surface area contributed by atoms with E-state index in [9.17, 15) is 18.0 Å². The van der Waals surface area contributed by atoms with Gasteiger partial charge in [-0.2, -0.15) is 0 Å². The van der Waals surface area contributed by atoms with Gasteiger partial charge >= 0.3 is 6.03 Å². The fourth-order valence-electron chi connectivity index (χ4n) is 6.22. The number of anilines is 1. The van der Waals surface area contributed by atoms with Crippen LogP contribution in [0.5, 0.6) is 0 Å². The number of benzene rings is 5. The van der Waals surface area contributed by atoms with E-state index in [0.717, 1.165) is 27.1 Å². The molecule has 6 rings (SSSR count). The van der Waals surface area contributed by atoms with E-state index in [2.05, 4.69) is 5.32 Å². The van der Waals surface area contributed by atoms with Gasteiger partial charge in [-0.3, -0.25) is 9.69 Å². The lowest BCUT2D eigenvalue weighted by molar-refractivity contribution is -0.122. The Morgan fingerprint density at radius 3 is 2.06 bits per heavy atom. The molecule has 0 unspecified atom stereocenters. The summed E-state index contributed by atoms with van der Waals surface area (Å²) in [7, 11) is -3.63. The number of carbonyl (C=O) groups excluding carboxylic acids is 2. The quantitative estimate of drug-likeness (QED) is 0.171. The third-order valence-electron chi connectivity index (χ3n) is 9.05. The highest BCUT2D eigenvalue weighted by Gasteiger charge is 2.33. The number of morpholine rings is 1. The molecule has 3 amide bonds. The van der Waals surface area contributed by atoms with Gasteiger partial charge in [-0.25, -0.2) is 13.2 Å². The lowest BCUT2D eigenvalue weighted by Gasteiger charge is -2.36. The van der Waals surface area contributed by atoms with Crippen LogP contribution in [0.4, 0.5) is 10.5 Å². The van der Waals surface area contributed by atoms with Crippen LogP contribution in [0.2, 0.25) is 0 Å². The zero-order chi connectivity index (χ0) is 33.5. The number of hydrogen-bond donors (Lipinski definition) is 1. The summed E-state index contributed by atoms with van der Waals surface area (Å²) in [6.07, 6.45) is 1.44. The number of rotatable bonds is 11. The first-order valence-electron chi connectivity index (χ1n) is 16.5. The number of amides is 3. The fraction of sp³-hybridized carbons (Fsp3) is 0.282. The molecule has 5 aromatic rings. The molecule has 0 aromatic heterocycles. The first kappa shape index (κ1) is 33.2. The summed E-state index contributed by atoms with van der Waals surface area (Å²) in [6.45, 7) is 3.46. The number of hydrogen-bond acceptors (Lipinski definition) is 5. The zero-order valence-corrected chi connectivity index (χ0v) is 27.9. The Morgan fingerprint density at radius 2 is 1.38 bits per heavy atom. The number of aryl methyl sites for hydroxylation is 1. The van der Waals surface area contributed by atoms with E-state index in [4.69, 9.17) is 4.74 Å². The molecular weight excluding hydrogens is 623 g/mol. The van der Waals surface area contributed by atoms with Crippen LogP contribution in [-0.2, 0) is 25.8 Å². The van der Waals surface area contributed by atoms with Crippen molar-refractivity contribution in [1.29, 1.82) is 0 Å². The molecule has 48 heavy (non-hydrogen) atoms. The minimum atomic E-state index is -3.63. The van der Waals surface area contributed by atoms with Gasteiger partial charge in [0, 0.05) is 24.8 Å². The van der Waals surface area contributed by atoms with Crippen LogP contribution in [-0.4, -0.2) is 69.4 Å². The minimum absolute atomic E-state index is 0.124. The van der Waals surface area contributed by atoms with Crippen molar-refractivity contribution in [2.45, 2.75) is 43.2 Å². The highest BCUT2D eigenvalue weighted by molar-refractivity contribution is 7.91. The Kier molecular flexibility index (Phi) is 10.4. The van der Waals surface area contributed by atoms with Gasteiger partial charge in [-0.05, 0) is 77.6 Å². The van der Waals surface area contributed by atoms with Crippen molar-refractivity contribution in [3.8, 4) is 0 Å². The zero-order valence-electron chi connectivity index (χ0n) is 27.1. The highest BCUT2D eigenvalue weighted by atomic mass is 32.2. The summed E-state index contributed by atoms with van der Waals surface area (Å²) in [6, 6.07) is 34.9. The summed E-state index contributed by atoms with van der Waals surface area (Å²) in [5.74, 6) is -0.466. The molecule has 0 saturated carbocycles. The van der Waals surface area contributed by atoms with E-state index < -0.39 is 21.9 Å². The molecule has 1 aliphatic heterocycles. The van der Waals surface area contributed by atoms with Gasteiger partial charge < -0.3 is 15.0 Å². The van der Waals surface area contributed by atoms with E-state index in [1.54, 1.807) is 28.9 Å². The van der Waals surface area contributed by atoms with E-state index >= 15 is 0 Å². The van der Waals surface area contributed by atoms with E-state index in [-0.39, 0.29) is 29.0 Å². The molecule has 5 aromatic carbocycles. The van der Waals surface area contributed by atoms with Crippen molar-refractivity contribution < 1.29 is 22.7 Å². The second-order valence-corrected chi connectivity index (χ2v) is 14.4. The summed E-state index contributed by atoms with van der Waals surface area (Å²) in [5.41, 5.74) is 1.72. The molecule has 0 bridgehead atoms. The molecule has 8 nitrogen and oxygen atoms in total. The van der Waals surface area contributed by atoms with Crippen LogP contribution in [0.25, 0.3) is 21.5 Å². The van der Waals surface area contributed by atoms with Crippen molar-refractivity contribution in [1.82, 2.24) is 10.2 Å². The smallest absolute Gasteiger partial charge is 0.325 e. The van der Waals surface area contributed by atoms with Crippen molar-refractivity contribution in [2.75, 3.05) is 37.0 Å². The molecule has 0 spiro atoms. The molecule has 0 aliphatic carbocycles. The van der Waals surface area contributed by atoms with Gasteiger partial charge in [0.15, 0.2) is 9.84 Å². The molecule has 1 saturated heterocycles. The molecule has 2 atom stereocenters. The summed E-state index contributed by atoms with van der Waals surface area (Å²) in [4.78, 5) is 31.6. The van der Waals surface area contributed by atoms with Crippen LogP contribution >= 0.6 is 0 Å². The summed E-state index contributed by atoms with van der Waals surface area (Å²) < 4.78 is 32.6. The number of carbonyl (C=O) groups is 2. The lowest BCUT2D eigenvalue weighted by atomic mass is 10.0. The lowest BCUT2D eigenvalue weighted by Crippen LogP contribution is -2.56. The van der Waals surface area contributed by atoms with Crippen LogP contribution in [0, 0.1) is 0 Å². The molecule has 9 heteroatoms. The fourth-order valence-corrected chi connectivity index (χ4v) is 7.64. The van der Waals surface area contributed by atoms with Gasteiger partial charge in [-0.15, -0.1) is 0 Å². The Morgan fingerprint density at radius 1 is 0.771 bits per heavy atom. The first-order valence-corrected chi connectivity index (χ1v) is 18.1. The van der Waals surface area contributed by atoms with Crippen LogP contribution in [0.3, 0.4) is 0 Å². The van der Waals surface area contributed by atoms with Crippen molar-refractivity contribution in [3.05, 3.63) is 121 Å². The third kappa shape index (κ3) is 7.86. The maximum Gasteiger partial charge on any atom is 0.325 e. The first-order chi connectivity index (χ1) is 23.3. The number of nitrogens with one attached hydrogen (secondary N) is 1. The minimum Gasteiger partial charge on any atom is -0.378 e. The van der Waals surface area contributed by atoms with E-state index in [1.165, 1.54) is 0 Å². The number of nitrogens with zero attached hydrogens (tertiary/aromatic N) is 2. The maximum absolute atomic E-state index is 14.1. The molecule has 1 fully saturated rings. The van der Waals surface area contributed by atoms with Crippen LogP contribution in [0.15, 0.2) is 120 Å². The molecule has 1 heterocycles. The third-order valence-corrected chi connectivity index (χ3v) is 10.8. The van der Waals surface area contributed by atoms with E-state index in [1.807, 2.05) is 103 Å². The predicted molar refractivity (Wildman–Crippen MR) is 191 cm³/mol. The number of fused-ring (bicyclic) bond motifs is 2. The normalized spacial score (nSPS) is 14.8. The molecular formula is C39H41N3O5S. The van der Waals surface area contributed by atoms with Gasteiger partial charge in [0.05, 0.1) is 23.9 Å². The van der Waals surface area contributed by atoms with Gasteiger partial charge in [0.25, 0.3) is 0 Å². The van der Waals surface area contributed by atoms with E-state index in [0.29, 0.717) is 44.8 Å². The van der Waals surface area contributed by atoms with Crippen LogP contribution < -0.4 is 10.2 Å². The molecule has 1 aliphatic rings. The molecule has 248 valence electrons. The summed E-state index contributed by atoms with van der Waals surface area (Å²) in [5, 5.41) is 6.97. The van der Waals surface area contributed by atoms with Gasteiger partial charge in [0.1, 0.15) is 6.04 Å². The summed E-state index contributed by atoms with van der Waals surface area (Å²) >= 11 is 0. The largest absolute Gasteiger partial charge is 0.378 e. The van der Waals surface area contributed by atoms with Crippen molar-refractivity contribution in [3.63, 3.8) is 0 Å². The number of ether oxygens (including phenoxy) is 1. The Labute approximate surface area is 282 Å². The molecule has 1 N–H and O–H groups in total. The van der Waals surface area contributed by atoms with Crippen molar-refractivity contribution in [2.24, 2.45) is 0 Å². The SMILES string of the molecule is C[C@@H](C(=O)N[C@@H](CCc1ccccc1)CCS(=O)(=O)c1ccc2ccccc2c1)N(C(=O)N1CCOCC1)c1ccc2ccccc2c1.